The highest BCUT2D eigenvalue weighted by atomic mass is 32.2. The van der Waals surface area contributed by atoms with Gasteiger partial charge in [-0.1, -0.05) is 12.1 Å². The number of hydrogen-bond donors (Lipinski definition) is 1. The van der Waals surface area contributed by atoms with Gasteiger partial charge in [0.05, 0.1) is 13.5 Å². The predicted molar refractivity (Wildman–Crippen MR) is 54.1 cm³/mol. The lowest BCUT2D eigenvalue weighted by Crippen LogP contribution is -2.17. The maximum absolute atomic E-state index is 12.2. The molecule has 17 heavy (non-hydrogen) atoms. The smallest absolute Gasteiger partial charge is 0.393 e. The Bertz CT molecular complexity index is 511. The van der Waals surface area contributed by atoms with E-state index in [1.54, 1.807) is 0 Å². The van der Waals surface area contributed by atoms with Gasteiger partial charge in [-0.2, -0.15) is 13.2 Å². The molecule has 0 aliphatic carbocycles. The van der Waals surface area contributed by atoms with Crippen LogP contribution in [0.1, 0.15) is 5.56 Å². The Labute approximate surface area is 96.2 Å². The number of halogens is 3. The van der Waals surface area contributed by atoms with Crippen LogP contribution in [0, 0.1) is 0 Å². The molecule has 0 unspecified atom stereocenters. The van der Waals surface area contributed by atoms with E-state index >= 15 is 0 Å². The summed E-state index contributed by atoms with van der Waals surface area (Å²) < 4.78 is 63.7. The number of benzene rings is 1. The lowest BCUT2D eigenvalue weighted by molar-refractivity contribution is -0.127. The maximum Gasteiger partial charge on any atom is 0.393 e. The third-order valence-corrected chi connectivity index (χ3v) is 2.90. The van der Waals surface area contributed by atoms with Crippen molar-refractivity contribution in [2.75, 3.05) is 7.11 Å². The third kappa shape index (κ3) is 3.60. The molecule has 2 N–H and O–H groups in total. The molecule has 0 aliphatic rings. The van der Waals surface area contributed by atoms with Gasteiger partial charge >= 0.3 is 6.18 Å². The SMILES string of the molecule is COc1c(CC(F)(F)F)cccc1S(N)(=O)=O. The first-order valence-electron chi connectivity index (χ1n) is 4.40. The van der Waals surface area contributed by atoms with Gasteiger partial charge < -0.3 is 4.74 Å². The topological polar surface area (TPSA) is 69.4 Å². The van der Waals surface area contributed by atoms with Crippen molar-refractivity contribution < 1.29 is 26.3 Å². The quantitative estimate of drug-likeness (QED) is 0.902. The highest BCUT2D eigenvalue weighted by Gasteiger charge is 2.30. The summed E-state index contributed by atoms with van der Waals surface area (Å²) in [5.74, 6) is -0.368. The van der Waals surface area contributed by atoms with Gasteiger partial charge in [-0.05, 0) is 6.07 Å². The van der Waals surface area contributed by atoms with Crippen molar-refractivity contribution in [1.29, 1.82) is 0 Å². The fourth-order valence-corrected chi connectivity index (χ4v) is 2.11. The molecule has 1 rings (SSSR count). The van der Waals surface area contributed by atoms with Crippen LogP contribution in [0.25, 0.3) is 0 Å². The van der Waals surface area contributed by atoms with Gasteiger partial charge in [-0.15, -0.1) is 0 Å². The van der Waals surface area contributed by atoms with E-state index in [1.807, 2.05) is 0 Å². The maximum atomic E-state index is 12.2. The predicted octanol–water partition coefficient (Wildman–Crippen LogP) is 1.45. The molecule has 8 heteroatoms. The van der Waals surface area contributed by atoms with Gasteiger partial charge in [0, 0.05) is 5.56 Å². The fourth-order valence-electron chi connectivity index (χ4n) is 1.37. The molecule has 0 fully saturated rings. The molecule has 0 saturated heterocycles. The third-order valence-electron chi connectivity index (χ3n) is 1.96. The van der Waals surface area contributed by atoms with Gasteiger partial charge in [0.15, 0.2) is 0 Å². The molecule has 0 heterocycles. The first kappa shape index (κ1) is 13.8. The Morgan fingerprint density at radius 2 is 1.94 bits per heavy atom. The normalized spacial score (nSPS) is 12.5. The van der Waals surface area contributed by atoms with Crippen LogP contribution in [0.4, 0.5) is 13.2 Å². The van der Waals surface area contributed by atoms with E-state index in [-0.39, 0.29) is 11.3 Å². The van der Waals surface area contributed by atoms with Crippen LogP contribution in [-0.2, 0) is 16.4 Å². The first-order valence-corrected chi connectivity index (χ1v) is 5.95. The van der Waals surface area contributed by atoms with Crippen molar-refractivity contribution in [2.45, 2.75) is 17.5 Å². The van der Waals surface area contributed by atoms with Crippen LogP contribution >= 0.6 is 0 Å². The van der Waals surface area contributed by atoms with Crippen LogP contribution < -0.4 is 9.88 Å². The van der Waals surface area contributed by atoms with Gasteiger partial charge in [0.25, 0.3) is 0 Å². The van der Waals surface area contributed by atoms with Crippen molar-refractivity contribution in [3.63, 3.8) is 0 Å². The molecule has 0 saturated carbocycles. The number of primary sulfonamides is 1. The molecule has 0 spiro atoms. The van der Waals surface area contributed by atoms with E-state index in [4.69, 9.17) is 5.14 Å². The molecule has 0 aliphatic heterocycles. The van der Waals surface area contributed by atoms with Crippen LogP contribution in [0.2, 0.25) is 0 Å². The summed E-state index contributed by atoms with van der Waals surface area (Å²) in [5, 5.41) is 4.88. The molecular weight excluding hydrogens is 259 g/mol. The zero-order chi connectivity index (χ0) is 13.3. The number of rotatable bonds is 3. The van der Waals surface area contributed by atoms with E-state index in [1.165, 1.54) is 6.07 Å². The summed E-state index contributed by atoms with van der Waals surface area (Å²) in [6, 6.07) is 3.42. The number of methoxy groups -OCH3 is 1. The summed E-state index contributed by atoms with van der Waals surface area (Å²) >= 11 is 0. The van der Waals surface area contributed by atoms with Crippen molar-refractivity contribution in [2.24, 2.45) is 5.14 Å². The van der Waals surface area contributed by atoms with E-state index in [2.05, 4.69) is 4.74 Å². The number of para-hydroxylation sites is 1. The van der Waals surface area contributed by atoms with Gasteiger partial charge in [-0.3, -0.25) is 0 Å². The van der Waals surface area contributed by atoms with Crippen molar-refractivity contribution in [3.05, 3.63) is 23.8 Å². The second kappa shape index (κ2) is 4.53. The van der Waals surface area contributed by atoms with Crippen molar-refractivity contribution in [3.8, 4) is 5.75 Å². The number of alkyl halides is 3. The number of ether oxygens (including phenoxy) is 1. The largest absolute Gasteiger partial charge is 0.495 e. The van der Waals surface area contributed by atoms with E-state index in [0.717, 1.165) is 19.2 Å². The zero-order valence-electron chi connectivity index (χ0n) is 8.78. The van der Waals surface area contributed by atoms with Crippen LogP contribution in [-0.4, -0.2) is 21.7 Å². The Morgan fingerprint density at radius 3 is 2.35 bits per heavy atom. The van der Waals surface area contributed by atoms with Crippen molar-refractivity contribution >= 4 is 10.0 Å². The Morgan fingerprint density at radius 1 is 1.35 bits per heavy atom. The molecule has 0 atom stereocenters. The summed E-state index contributed by atoms with van der Waals surface area (Å²) in [5.41, 5.74) is -0.272. The average molecular weight is 269 g/mol. The molecule has 1 aromatic rings. The molecule has 96 valence electrons. The Kier molecular flexibility index (Phi) is 3.68. The Balaban J connectivity index is 3.34. The van der Waals surface area contributed by atoms with Gasteiger partial charge in [-0.25, -0.2) is 13.6 Å². The van der Waals surface area contributed by atoms with E-state index in [0.29, 0.717) is 0 Å². The number of nitrogens with two attached hydrogens (primary N) is 1. The van der Waals surface area contributed by atoms with Crippen LogP contribution in [0.5, 0.6) is 5.75 Å². The summed E-state index contributed by atoms with van der Waals surface area (Å²) in [6.07, 6.45) is -5.73. The Hall–Kier alpha value is -1.28. The lowest BCUT2D eigenvalue weighted by atomic mass is 10.1. The molecule has 0 bridgehead atoms. The minimum atomic E-state index is -4.45. The molecule has 0 aromatic heterocycles. The van der Waals surface area contributed by atoms with Crippen LogP contribution in [0.15, 0.2) is 23.1 Å². The second-order valence-electron chi connectivity index (χ2n) is 3.29. The number of hydrogen-bond acceptors (Lipinski definition) is 3. The first-order chi connectivity index (χ1) is 7.65. The molecule has 4 nitrogen and oxygen atoms in total. The minimum Gasteiger partial charge on any atom is -0.495 e. The minimum absolute atomic E-state index is 0.272. The summed E-state index contributed by atoms with van der Waals surface area (Å²) in [6.45, 7) is 0. The second-order valence-corrected chi connectivity index (χ2v) is 4.82. The average Bonchev–Trinajstić information content (AvgIpc) is 2.13. The van der Waals surface area contributed by atoms with Crippen molar-refractivity contribution in [1.82, 2.24) is 0 Å². The highest BCUT2D eigenvalue weighted by molar-refractivity contribution is 7.89. The van der Waals surface area contributed by atoms with E-state index < -0.39 is 27.5 Å². The molecular formula is C9H10F3NO3S. The zero-order valence-corrected chi connectivity index (χ0v) is 9.60. The standard InChI is InChI=1S/C9H10F3NO3S/c1-16-8-6(5-9(10,11)12)3-2-4-7(8)17(13,14)15/h2-4H,5H2,1H3,(H2,13,14,15). The molecule has 0 radical (unpaired) electrons. The van der Waals surface area contributed by atoms with Crippen LogP contribution in [0.3, 0.4) is 0 Å². The van der Waals surface area contributed by atoms with Gasteiger partial charge in [0.2, 0.25) is 10.0 Å². The monoisotopic (exact) mass is 269 g/mol. The molecule has 1 aromatic carbocycles. The fraction of sp³-hybridized carbons (Fsp3) is 0.333. The van der Waals surface area contributed by atoms with E-state index in [9.17, 15) is 21.6 Å². The lowest BCUT2D eigenvalue weighted by Gasteiger charge is -2.13. The summed E-state index contributed by atoms with van der Waals surface area (Å²) in [7, 11) is -3.03. The summed E-state index contributed by atoms with van der Waals surface area (Å²) in [4.78, 5) is -0.457. The molecule has 0 amide bonds. The highest BCUT2D eigenvalue weighted by Crippen LogP contribution is 2.31. The number of sulfonamides is 1. The van der Waals surface area contributed by atoms with Gasteiger partial charge in [0.1, 0.15) is 10.6 Å².